The predicted octanol–water partition coefficient (Wildman–Crippen LogP) is 2.23. The lowest BCUT2D eigenvalue weighted by Crippen LogP contribution is -2.52. The molecule has 2 unspecified atom stereocenters. The fraction of sp³-hybridized carbons (Fsp3) is 0.500. The van der Waals surface area contributed by atoms with Crippen molar-refractivity contribution >= 4 is 11.8 Å². The van der Waals surface area contributed by atoms with Crippen LogP contribution in [0.2, 0.25) is 0 Å². The molecule has 2 atom stereocenters. The van der Waals surface area contributed by atoms with Gasteiger partial charge >= 0.3 is 11.8 Å². The molecule has 2 amide bonds. The second-order valence-electron chi connectivity index (χ2n) is 5.65. The van der Waals surface area contributed by atoms with E-state index in [-0.39, 0.29) is 24.4 Å². The molecule has 4 nitrogen and oxygen atoms in total. The van der Waals surface area contributed by atoms with Crippen molar-refractivity contribution in [3.8, 4) is 0 Å². The van der Waals surface area contributed by atoms with Crippen molar-refractivity contribution in [2.24, 2.45) is 0 Å². The first-order valence-electron chi connectivity index (χ1n) is 7.34. The highest BCUT2D eigenvalue weighted by molar-refractivity contribution is 6.35. The van der Waals surface area contributed by atoms with E-state index in [1.165, 1.54) is 12.1 Å². The Bertz CT molecular complexity index is 506. The molecule has 2 rings (SSSR count). The van der Waals surface area contributed by atoms with Crippen molar-refractivity contribution in [1.82, 2.24) is 10.2 Å². The van der Waals surface area contributed by atoms with Gasteiger partial charge in [-0.3, -0.25) is 9.59 Å². The Labute approximate surface area is 124 Å². The maximum absolute atomic E-state index is 12.8. The van der Waals surface area contributed by atoms with Crippen LogP contribution in [0.4, 0.5) is 4.39 Å². The predicted molar refractivity (Wildman–Crippen MR) is 77.9 cm³/mol. The van der Waals surface area contributed by atoms with Gasteiger partial charge in [-0.05, 0) is 50.8 Å². The highest BCUT2D eigenvalue weighted by Gasteiger charge is 2.32. The van der Waals surface area contributed by atoms with Gasteiger partial charge in [0.15, 0.2) is 0 Å². The third-order valence-corrected chi connectivity index (χ3v) is 3.99. The van der Waals surface area contributed by atoms with E-state index in [1.807, 2.05) is 13.8 Å². The van der Waals surface area contributed by atoms with Gasteiger partial charge in [-0.15, -0.1) is 0 Å². The van der Waals surface area contributed by atoms with E-state index < -0.39 is 11.8 Å². The van der Waals surface area contributed by atoms with Crippen LogP contribution in [-0.4, -0.2) is 28.8 Å². The van der Waals surface area contributed by atoms with Crippen molar-refractivity contribution in [3.63, 3.8) is 0 Å². The highest BCUT2D eigenvalue weighted by Crippen LogP contribution is 2.22. The third kappa shape index (κ3) is 3.80. The second-order valence-corrected chi connectivity index (χ2v) is 5.65. The molecule has 1 saturated heterocycles. The molecule has 114 valence electrons. The Morgan fingerprint density at radius 2 is 1.76 bits per heavy atom. The summed E-state index contributed by atoms with van der Waals surface area (Å²) in [5, 5.41) is 2.60. The summed E-state index contributed by atoms with van der Waals surface area (Å²) < 4.78 is 12.8. The zero-order valence-corrected chi connectivity index (χ0v) is 12.4. The van der Waals surface area contributed by atoms with Crippen LogP contribution in [-0.2, 0) is 16.1 Å². The van der Waals surface area contributed by atoms with Crippen LogP contribution in [0.1, 0.15) is 38.7 Å². The minimum absolute atomic E-state index is 0.0952. The summed E-state index contributed by atoms with van der Waals surface area (Å²) in [5.74, 6) is -1.39. The van der Waals surface area contributed by atoms with Crippen LogP contribution in [0.3, 0.4) is 0 Å². The van der Waals surface area contributed by atoms with Crippen LogP contribution in [0.25, 0.3) is 0 Å². The molecule has 0 aromatic heterocycles. The van der Waals surface area contributed by atoms with Gasteiger partial charge in [-0.25, -0.2) is 4.39 Å². The first-order chi connectivity index (χ1) is 9.99. The molecule has 1 heterocycles. The summed E-state index contributed by atoms with van der Waals surface area (Å²) in [6.07, 6.45) is 2.95. The van der Waals surface area contributed by atoms with E-state index in [9.17, 15) is 14.0 Å². The Kier molecular flexibility index (Phi) is 4.94. The molecular formula is C16H21FN2O2. The minimum atomic E-state index is -0.597. The molecule has 0 saturated carbocycles. The molecule has 0 aliphatic carbocycles. The van der Waals surface area contributed by atoms with Crippen LogP contribution < -0.4 is 5.32 Å². The van der Waals surface area contributed by atoms with Crippen LogP contribution in [0.15, 0.2) is 24.3 Å². The number of benzene rings is 1. The van der Waals surface area contributed by atoms with Gasteiger partial charge in [0.25, 0.3) is 0 Å². The molecule has 0 radical (unpaired) electrons. The van der Waals surface area contributed by atoms with Gasteiger partial charge in [0.05, 0.1) is 0 Å². The summed E-state index contributed by atoms with van der Waals surface area (Å²) in [4.78, 5) is 25.9. The van der Waals surface area contributed by atoms with Crippen LogP contribution >= 0.6 is 0 Å². The number of carbonyl (C=O) groups is 2. The Morgan fingerprint density at radius 1 is 1.19 bits per heavy atom. The van der Waals surface area contributed by atoms with Crippen LogP contribution in [0, 0.1) is 5.82 Å². The summed E-state index contributed by atoms with van der Waals surface area (Å²) in [6, 6.07) is 6.03. The fourth-order valence-corrected chi connectivity index (χ4v) is 2.80. The molecule has 1 fully saturated rings. The number of carbonyl (C=O) groups excluding carboxylic acids is 2. The lowest BCUT2D eigenvalue weighted by atomic mass is 9.97. The molecule has 1 aromatic carbocycles. The van der Waals surface area contributed by atoms with E-state index in [2.05, 4.69) is 5.32 Å². The number of nitrogens with one attached hydrogen (secondary N) is 1. The van der Waals surface area contributed by atoms with Crippen molar-refractivity contribution in [3.05, 3.63) is 35.6 Å². The number of halogens is 1. The summed E-state index contributed by atoms with van der Waals surface area (Å²) in [6.45, 7) is 4.17. The third-order valence-electron chi connectivity index (χ3n) is 3.99. The molecule has 0 spiro atoms. The SMILES string of the molecule is CC1CCCC(C)N1C(=O)C(=O)NCc1ccc(F)cc1. The fourth-order valence-electron chi connectivity index (χ4n) is 2.80. The Balaban J connectivity index is 1.93. The zero-order valence-electron chi connectivity index (χ0n) is 12.4. The lowest BCUT2D eigenvalue weighted by molar-refractivity contribution is -0.150. The van der Waals surface area contributed by atoms with E-state index >= 15 is 0 Å². The number of rotatable bonds is 2. The van der Waals surface area contributed by atoms with E-state index in [0.29, 0.717) is 0 Å². The largest absolute Gasteiger partial charge is 0.344 e. The molecule has 0 bridgehead atoms. The number of nitrogens with zero attached hydrogens (tertiary/aromatic N) is 1. The molecule has 1 aliphatic heterocycles. The van der Waals surface area contributed by atoms with Gasteiger partial charge in [-0.1, -0.05) is 12.1 Å². The monoisotopic (exact) mass is 292 g/mol. The standard InChI is InChI=1S/C16H21FN2O2/c1-11-4-3-5-12(2)19(11)16(21)15(20)18-10-13-6-8-14(17)9-7-13/h6-9,11-12H,3-5,10H2,1-2H3,(H,18,20). The minimum Gasteiger partial charge on any atom is -0.344 e. The molecule has 1 aliphatic rings. The normalized spacial score (nSPS) is 22.0. The average molecular weight is 292 g/mol. The summed E-state index contributed by atoms with van der Waals surface area (Å²) in [5.41, 5.74) is 0.761. The molecule has 5 heteroatoms. The Hall–Kier alpha value is -1.91. The Morgan fingerprint density at radius 3 is 2.33 bits per heavy atom. The maximum Gasteiger partial charge on any atom is 0.312 e. The van der Waals surface area contributed by atoms with E-state index in [0.717, 1.165) is 24.8 Å². The van der Waals surface area contributed by atoms with Gasteiger partial charge in [0, 0.05) is 18.6 Å². The zero-order chi connectivity index (χ0) is 15.4. The molecule has 1 N–H and O–H groups in total. The van der Waals surface area contributed by atoms with Crippen molar-refractivity contribution < 1.29 is 14.0 Å². The quantitative estimate of drug-likeness (QED) is 0.850. The first-order valence-corrected chi connectivity index (χ1v) is 7.34. The average Bonchev–Trinajstić information content (AvgIpc) is 2.46. The van der Waals surface area contributed by atoms with Gasteiger partial charge in [0.1, 0.15) is 5.82 Å². The lowest BCUT2D eigenvalue weighted by Gasteiger charge is -2.38. The summed E-state index contributed by atoms with van der Waals surface area (Å²) in [7, 11) is 0. The topological polar surface area (TPSA) is 49.4 Å². The van der Waals surface area contributed by atoms with E-state index in [4.69, 9.17) is 0 Å². The van der Waals surface area contributed by atoms with Crippen molar-refractivity contribution in [2.45, 2.75) is 51.7 Å². The number of likely N-dealkylation sites (tertiary alicyclic amines) is 1. The van der Waals surface area contributed by atoms with E-state index in [1.54, 1.807) is 17.0 Å². The first kappa shape index (κ1) is 15.5. The number of hydrogen-bond acceptors (Lipinski definition) is 2. The van der Waals surface area contributed by atoms with Crippen molar-refractivity contribution in [2.75, 3.05) is 0 Å². The van der Waals surface area contributed by atoms with Gasteiger partial charge < -0.3 is 10.2 Å². The molecular weight excluding hydrogens is 271 g/mol. The van der Waals surface area contributed by atoms with Gasteiger partial charge in [0.2, 0.25) is 0 Å². The molecule has 21 heavy (non-hydrogen) atoms. The molecule has 1 aromatic rings. The van der Waals surface area contributed by atoms with Gasteiger partial charge in [-0.2, -0.15) is 0 Å². The number of piperidine rings is 1. The van der Waals surface area contributed by atoms with Crippen LogP contribution in [0.5, 0.6) is 0 Å². The highest BCUT2D eigenvalue weighted by atomic mass is 19.1. The maximum atomic E-state index is 12.8. The number of amides is 2. The smallest absolute Gasteiger partial charge is 0.312 e. The summed E-state index contributed by atoms with van der Waals surface area (Å²) >= 11 is 0. The second kappa shape index (κ2) is 6.70. The number of hydrogen-bond donors (Lipinski definition) is 1. The van der Waals surface area contributed by atoms with Crippen molar-refractivity contribution in [1.29, 1.82) is 0 Å².